The lowest BCUT2D eigenvalue weighted by molar-refractivity contribution is -0.113. The molecule has 1 aliphatic heterocycles. The van der Waals surface area contributed by atoms with E-state index < -0.39 is 0 Å². The third-order valence-corrected chi connectivity index (χ3v) is 5.00. The number of thioether (sulfide) groups is 1. The van der Waals surface area contributed by atoms with Gasteiger partial charge in [0.1, 0.15) is 0 Å². The summed E-state index contributed by atoms with van der Waals surface area (Å²) in [6.45, 7) is 5.85. The lowest BCUT2D eigenvalue weighted by atomic mass is 10.0. The van der Waals surface area contributed by atoms with E-state index in [2.05, 4.69) is 48.0 Å². The maximum atomic E-state index is 12.1. The Labute approximate surface area is 147 Å². The Morgan fingerprint density at radius 3 is 2.21 bits per heavy atom. The van der Waals surface area contributed by atoms with E-state index in [-0.39, 0.29) is 5.91 Å². The van der Waals surface area contributed by atoms with Crippen molar-refractivity contribution in [3.63, 3.8) is 0 Å². The fraction of sp³-hybridized carbons (Fsp3) is 0.200. The second-order valence-corrected chi connectivity index (χ2v) is 6.48. The third-order valence-electron chi connectivity index (χ3n) is 3.96. The SMILES string of the molecule is CCN(CC)C1=NC(=O)/C(=C\c2ccc(-c3ccccc3)cc2)S1. The summed E-state index contributed by atoms with van der Waals surface area (Å²) in [7, 11) is 0. The van der Waals surface area contributed by atoms with Crippen LogP contribution in [0.2, 0.25) is 0 Å². The van der Waals surface area contributed by atoms with Gasteiger partial charge in [-0.05, 0) is 48.4 Å². The van der Waals surface area contributed by atoms with Gasteiger partial charge in [0.2, 0.25) is 0 Å². The number of aliphatic imine (C=N–C) groups is 1. The number of hydrogen-bond donors (Lipinski definition) is 0. The van der Waals surface area contributed by atoms with Crippen molar-refractivity contribution >= 4 is 28.9 Å². The van der Waals surface area contributed by atoms with Gasteiger partial charge in [-0.3, -0.25) is 4.79 Å². The van der Waals surface area contributed by atoms with Gasteiger partial charge < -0.3 is 4.90 Å². The molecule has 1 heterocycles. The van der Waals surface area contributed by atoms with Crippen molar-refractivity contribution in [1.29, 1.82) is 0 Å². The molecule has 0 atom stereocenters. The van der Waals surface area contributed by atoms with E-state index in [0.29, 0.717) is 4.91 Å². The first-order valence-corrected chi connectivity index (χ1v) is 8.96. The van der Waals surface area contributed by atoms with Crippen LogP contribution in [0.4, 0.5) is 0 Å². The van der Waals surface area contributed by atoms with E-state index in [1.165, 1.54) is 22.9 Å². The van der Waals surface area contributed by atoms with Gasteiger partial charge in [-0.25, -0.2) is 0 Å². The van der Waals surface area contributed by atoms with Crippen LogP contribution in [-0.2, 0) is 4.79 Å². The van der Waals surface area contributed by atoms with Crippen LogP contribution in [-0.4, -0.2) is 29.1 Å². The summed E-state index contributed by atoms with van der Waals surface area (Å²) in [5.41, 5.74) is 3.37. The van der Waals surface area contributed by atoms with E-state index in [9.17, 15) is 4.79 Å². The van der Waals surface area contributed by atoms with Gasteiger partial charge in [0.15, 0.2) is 5.17 Å². The highest BCUT2D eigenvalue weighted by Gasteiger charge is 2.24. The Morgan fingerprint density at radius 1 is 0.958 bits per heavy atom. The molecule has 2 aromatic carbocycles. The Kier molecular flexibility index (Phi) is 5.16. The van der Waals surface area contributed by atoms with E-state index in [1.54, 1.807) is 0 Å². The molecule has 24 heavy (non-hydrogen) atoms. The molecule has 0 aromatic heterocycles. The quantitative estimate of drug-likeness (QED) is 0.761. The highest BCUT2D eigenvalue weighted by Crippen LogP contribution is 2.30. The van der Waals surface area contributed by atoms with Crippen LogP contribution in [0.1, 0.15) is 19.4 Å². The topological polar surface area (TPSA) is 32.7 Å². The van der Waals surface area contributed by atoms with Crippen LogP contribution in [0.25, 0.3) is 17.2 Å². The Morgan fingerprint density at radius 2 is 1.58 bits per heavy atom. The van der Waals surface area contributed by atoms with Crippen LogP contribution in [0, 0.1) is 0 Å². The van der Waals surface area contributed by atoms with Crippen LogP contribution in [0.15, 0.2) is 64.5 Å². The van der Waals surface area contributed by atoms with Gasteiger partial charge in [-0.15, -0.1) is 0 Å². The smallest absolute Gasteiger partial charge is 0.286 e. The van der Waals surface area contributed by atoms with E-state index in [1.807, 2.05) is 36.4 Å². The molecule has 1 amide bonds. The van der Waals surface area contributed by atoms with Crippen molar-refractivity contribution in [1.82, 2.24) is 4.90 Å². The number of amides is 1. The maximum absolute atomic E-state index is 12.1. The lowest BCUT2D eigenvalue weighted by Crippen LogP contribution is -2.26. The molecule has 0 fully saturated rings. The fourth-order valence-electron chi connectivity index (χ4n) is 2.58. The predicted octanol–water partition coefficient (Wildman–Crippen LogP) is 4.67. The molecule has 0 saturated heterocycles. The van der Waals surface area contributed by atoms with Crippen molar-refractivity contribution in [3.05, 3.63) is 65.1 Å². The second kappa shape index (κ2) is 7.49. The van der Waals surface area contributed by atoms with Crippen molar-refractivity contribution < 1.29 is 4.79 Å². The number of amidine groups is 1. The van der Waals surface area contributed by atoms with Gasteiger partial charge in [0.25, 0.3) is 5.91 Å². The minimum Gasteiger partial charge on any atom is -0.351 e. The summed E-state index contributed by atoms with van der Waals surface area (Å²) in [6.07, 6.45) is 1.92. The molecule has 4 heteroatoms. The van der Waals surface area contributed by atoms with Gasteiger partial charge in [-0.1, -0.05) is 54.6 Å². The number of carbonyl (C=O) groups is 1. The summed E-state index contributed by atoms with van der Waals surface area (Å²) in [5.74, 6) is -0.144. The molecular formula is C20H20N2OS. The molecule has 0 aliphatic carbocycles. The zero-order valence-corrected chi connectivity index (χ0v) is 14.7. The molecule has 0 spiro atoms. The summed E-state index contributed by atoms with van der Waals surface area (Å²) in [5, 5.41) is 0.803. The zero-order valence-electron chi connectivity index (χ0n) is 13.9. The minimum absolute atomic E-state index is 0.144. The first-order chi connectivity index (χ1) is 11.7. The molecule has 0 saturated carbocycles. The van der Waals surface area contributed by atoms with E-state index >= 15 is 0 Å². The molecule has 0 radical (unpaired) electrons. The molecule has 0 bridgehead atoms. The summed E-state index contributed by atoms with van der Waals surface area (Å²) in [6, 6.07) is 18.5. The molecule has 3 rings (SSSR count). The van der Waals surface area contributed by atoms with Crippen LogP contribution < -0.4 is 0 Å². The van der Waals surface area contributed by atoms with E-state index in [0.717, 1.165) is 23.8 Å². The fourth-order valence-corrected chi connectivity index (χ4v) is 3.62. The molecule has 1 aliphatic rings. The standard InChI is InChI=1S/C20H20N2OS/c1-3-22(4-2)20-21-19(23)18(24-20)14-15-10-12-17(13-11-15)16-8-6-5-7-9-16/h5-14H,3-4H2,1-2H3/b18-14+. The Hall–Kier alpha value is -2.33. The molecule has 122 valence electrons. The first-order valence-electron chi connectivity index (χ1n) is 8.14. The van der Waals surface area contributed by atoms with Gasteiger partial charge in [-0.2, -0.15) is 4.99 Å². The van der Waals surface area contributed by atoms with Crippen LogP contribution in [0.3, 0.4) is 0 Å². The number of carbonyl (C=O) groups excluding carboxylic acids is 1. The normalized spacial score (nSPS) is 15.7. The van der Waals surface area contributed by atoms with Crippen molar-refractivity contribution in [2.75, 3.05) is 13.1 Å². The summed E-state index contributed by atoms with van der Waals surface area (Å²) >= 11 is 1.46. The second-order valence-electron chi connectivity index (χ2n) is 5.47. The third kappa shape index (κ3) is 3.60. The van der Waals surface area contributed by atoms with Crippen LogP contribution in [0.5, 0.6) is 0 Å². The number of benzene rings is 2. The number of nitrogens with zero attached hydrogens (tertiary/aromatic N) is 2. The summed E-state index contributed by atoms with van der Waals surface area (Å²) < 4.78 is 0. The van der Waals surface area contributed by atoms with Crippen molar-refractivity contribution in [2.45, 2.75) is 13.8 Å². The molecular weight excluding hydrogens is 316 g/mol. The largest absolute Gasteiger partial charge is 0.351 e. The number of rotatable bonds is 4. The average molecular weight is 336 g/mol. The zero-order chi connectivity index (χ0) is 16.9. The lowest BCUT2D eigenvalue weighted by Gasteiger charge is -2.18. The Bertz CT molecular complexity index is 775. The highest BCUT2D eigenvalue weighted by molar-refractivity contribution is 8.18. The van der Waals surface area contributed by atoms with Gasteiger partial charge in [0.05, 0.1) is 4.91 Å². The van der Waals surface area contributed by atoms with Gasteiger partial charge in [0, 0.05) is 13.1 Å². The number of hydrogen-bond acceptors (Lipinski definition) is 3. The predicted molar refractivity (Wildman–Crippen MR) is 103 cm³/mol. The summed E-state index contributed by atoms with van der Waals surface area (Å²) in [4.78, 5) is 19.1. The molecule has 0 N–H and O–H groups in total. The Balaban J connectivity index is 1.77. The van der Waals surface area contributed by atoms with Crippen molar-refractivity contribution in [2.24, 2.45) is 4.99 Å². The molecule has 3 nitrogen and oxygen atoms in total. The highest BCUT2D eigenvalue weighted by atomic mass is 32.2. The van der Waals surface area contributed by atoms with E-state index in [4.69, 9.17) is 0 Å². The first kappa shape index (κ1) is 16.5. The monoisotopic (exact) mass is 336 g/mol. The van der Waals surface area contributed by atoms with Crippen LogP contribution >= 0.6 is 11.8 Å². The molecule has 2 aromatic rings. The minimum atomic E-state index is -0.144. The average Bonchev–Trinajstić information content (AvgIpc) is 2.98. The molecule has 0 unspecified atom stereocenters. The maximum Gasteiger partial charge on any atom is 0.286 e. The van der Waals surface area contributed by atoms with Crippen molar-refractivity contribution in [3.8, 4) is 11.1 Å². The van der Waals surface area contributed by atoms with Gasteiger partial charge >= 0.3 is 0 Å².